The molecule has 0 heterocycles. The minimum absolute atomic E-state index is 0.0268. The third-order valence-electron chi connectivity index (χ3n) is 7.37. The van der Waals surface area contributed by atoms with Crippen LogP contribution >= 0.6 is 11.8 Å². The molecule has 5 rings (SSSR count). The van der Waals surface area contributed by atoms with Crippen LogP contribution in [0.2, 0.25) is 0 Å². The number of nitrogens with one attached hydrogen (secondary N) is 3. The summed E-state index contributed by atoms with van der Waals surface area (Å²) in [5.41, 5.74) is 2.67. The summed E-state index contributed by atoms with van der Waals surface area (Å²) in [7, 11) is 3.00. The van der Waals surface area contributed by atoms with E-state index >= 15 is 0 Å². The van der Waals surface area contributed by atoms with Crippen LogP contribution in [0.15, 0.2) is 138 Å². The molecule has 50 heavy (non-hydrogen) atoms. The molecular formula is C39H33N3O7S. The van der Waals surface area contributed by atoms with E-state index < -0.39 is 23.0 Å². The van der Waals surface area contributed by atoms with Crippen molar-refractivity contribution in [1.29, 1.82) is 0 Å². The van der Waals surface area contributed by atoms with Crippen LogP contribution in [0.25, 0.3) is 6.08 Å². The first-order valence-corrected chi connectivity index (χ1v) is 16.2. The largest absolute Gasteiger partial charge is 0.493 e. The minimum atomic E-state index is -1.05. The Morgan fingerprint density at radius 2 is 1.30 bits per heavy atom. The van der Waals surface area contributed by atoms with E-state index in [0.29, 0.717) is 34.0 Å². The van der Waals surface area contributed by atoms with Gasteiger partial charge in [0.05, 0.1) is 19.8 Å². The number of rotatable bonds is 13. The predicted octanol–water partition coefficient (Wildman–Crippen LogP) is 7.28. The molecule has 0 saturated heterocycles. The highest BCUT2D eigenvalue weighted by atomic mass is 32.2. The van der Waals surface area contributed by atoms with Crippen molar-refractivity contribution in [1.82, 2.24) is 5.32 Å². The van der Waals surface area contributed by atoms with Gasteiger partial charge in [0.25, 0.3) is 11.8 Å². The van der Waals surface area contributed by atoms with E-state index in [1.807, 2.05) is 30.3 Å². The van der Waals surface area contributed by atoms with Crippen LogP contribution in [-0.4, -0.2) is 43.0 Å². The van der Waals surface area contributed by atoms with Crippen molar-refractivity contribution < 1.29 is 33.8 Å². The molecule has 0 radical (unpaired) electrons. The van der Waals surface area contributed by atoms with E-state index in [4.69, 9.17) is 9.47 Å². The van der Waals surface area contributed by atoms with Gasteiger partial charge in [0.2, 0.25) is 5.91 Å². The van der Waals surface area contributed by atoms with Crippen LogP contribution in [0.5, 0.6) is 11.5 Å². The van der Waals surface area contributed by atoms with E-state index in [9.17, 15) is 24.3 Å². The second kappa shape index (κ2) is 16.7. The van der Waals surface area contributed by atoms with Crippen molar-refractivity contribution in [2.75, 3.05) is 24.9 Å². The Hall–Kier alpha value is -6.33. The third kappa shape index (κ3) is 8.97. The summed E-state index contributed by atoms with van der Waals surface area (Å²) >= 11 is 1.31. The van der Waals surface area contributed by atoms with Crippen LogP contribution in [0.4, 0.5) is 11.4 Å². The van der Waals surface area contributed by atoms with Crippen molar-refractivity contribution in [3.63, 3.8) is 0 Å². The molecule has 0 saturated carbocycles. The molecule has 0 fully saturated rings. The normalized spacial score (nSPS) is 11.5. The number of carbonyl (C=O) groups excluding carboxylic acids is 3. The van der Waals surface area contributed by atoms with Gasteiger partial charge >= 0.3 is 5.97 Å². The summed E-state index contributed by atoms with van der Waals surface area (Å²) in [6, 6.07) is 35.9. The predicted molar refractivity (Wildman–Crippen MR) is 194 cm³/mol. The molecule has 0 aliphatic rings. The van der Waals surface area contributed by atoms with Crippen molar-refractivity contribution in [3.8, 4) is 11.5 Å². The number of carbonyl (C=O) groups is 4. The number of hydrogen-bond donors (Lipinski definition) is 4. The summed E-state index contributed by atoms with van der Waals surface area (Å²) in [5, 5.41) is 17.0. The first-order chi connectivity index (χ1) is 24.2. The SMILES string of the molecule is COc1cccc(/C=C(\NC(=O)c2ccccc2)C(=O)Nc2ccc(SC(C(=O)Nc3ccc(C(=O)O)cc3)c3ccccc3)cc2)c1OC. The number of ether oxygens (including phenoxy) is 2. The highest BCUT2D eigenvalue weighted by Crippen LogP contribution is 2.37. The topological polar surface area (TPSA) is 143 Å². The molecular weight excluding hydrogens is 655 g/mol. The molecule has 0 aromatic heterocycles. The number of methoxy groups -OCH3 is 2. The van der Waals surface area contributed by atoms with E-state index in [0.717, 1.165) is 10.5 Å². The zero-order chi connectivity index (χ0) is 35.5. The number of amides is 3. The standard InChI is InChI=1S/C39H33N3O7S/c1-48-33-15-9-14-28(34(33)49-2)24-32(42-36(43)26-12-7-4-8-13-26)37(44)40-30-20-22-31(23-21-30)50-35(25-10-5-3-6-11-25)38(45)41-29-18-16-27(17-19-29)39(46)47/h3-24,35H,1-2H3,(H,40,44)(H,41,45)(H,42,43)(H,46,47)/b32-24-. The summed E-state index contributed by atoms with van der Waals surface area (Å²) < 4.78 is 10.9. The first-order valence-electron chi connectivity index (χ1n) is 15.3. The Morgan fingerprint density at radius 1 is 0.680 bits per heavy atom. The van der Waals surface area contributed by atoms with Gasteiger partial charge < -0.3 is 30.5 Å². The van der Waals surface area contributed by atoms with Gasteiger partial charge in [-0.25, -0.2) is 4.79 Å². The van der Waals surface area contributed by atoms with Gasteiger partial charge in [-0.15, -0.1) is 11.8 Å². The smallest absolute Gasteiger partial charge is 0.335 e. The maximum atomic E-state index is 13.6. The van der Waals surface area contributed by atoms with Crippen LogP contribution < -0.4 is 25.4 Å². The summed E-state index contributed by atoms with van der Waals surface area (Å²) in [6.45, 7) is 0. The van der Waals surface area contributed by atoms with Gasteiger partial charge in [-0.3, -0.25) is 14.4 Å². The van der Waals surface area contributed by atoms with Gasteiger partial charge in [0, 0.05) is 27.4 Å². The number of para-hydroxylation sites is 1. The highest BCUT2D eigenvalue weighted by Gasteiger charge is 2.23. The number of benzene rings is 5. The first kappa shape index (κ1) is 35.0. The number of aromatic carboxylic acids is 1. The maximum Gasteiger partial charge on any atom is 0.335 e. The Kier molecular flexibility index (Phi) is 11.7. The van der Waals surface area contributed by atoms with Gasteiger partial charge in [0.15, 0.2) is 11.5 Å². The molecule has 1 atom stereocenters. The molecule has 5 aromatic carbocycles. The molecule has 11 heteroatoms. The summed E-state index contributed by atoms with van der Waals surface area (Å²) in [5.74, 6) is -1.54. The average molecular weight is 688 g/mol. The molecule has 1 unspecified atom stereocenters. The van der Waals surface area contributed by atoms with Crippen molar-refractivity contribution in [2.45, 2.75) is 10.1 Å². The monoisotopic (exact) mass is 687 g/mol. The maximum absolute atomic E-state index is 13.6. The quantitative estimate of drug-likeness (QED) is 0.0747. The fraction of sp³-hybridized carbons (Fsp3) is 0.0769. The highest BCUT2D eigenvalue weighted by molar-refractivity contribution is 8.00. The number of anilines is 2. The van der Waals surface area contributed by atoms with Crippen LogP contribution in [0.3, 0.4) is 0 Å². The minimum Gasteiger partial charge on any atom is -0.493 e. The van der Waals surface area contributed by atoms with E-state index in [1.165, 1.54) is 44.2 Å². The number of carboxylic acids is 1. The summed E-state index contributed by atoms with van der Waals surface area (Å²) in [6.07, 6.45) is 1.51. The van der Waals surface area contributed by atoms with Crippen LogP contribution in [-0.2, 0) is 9.59 Å². The lowest BCUT2D eigenvalue weighted by molar-refractivity contribution is -0.116. The fourth-order valence-electron chi connectivity index (χ4n) is 4.88. The van der Waals surface area contributed by atoms with Gasteiger partial charge in [-0.05, 0) is 78.4 Å². The molecule has 0 aliphatic carbocycles. The van der Waals surface area contributed by atoms with E-state index in [2.05, 4.69) is 16.0 Å². The molecule has 10 nitrogen and oxygen atoms in total. The Bertz CT molecular complexity index is 2000. The Labute approximate surface area is 293 Å². The molecule has 252 valence electrons. The van der Waals surface area contributed by atoms with E-state index in [-0.39, 0.29) is 17.2 Å². The Balaban J connectivity index is 1.35. The number of thioether (sulfide) groups is 1. The van der Waals surface area contributed by atoms with E-state index in [1.54, 1.807) is 84.9 Å². The molecule has 0 bridgehead atoms. The lowest BCUT2D eigenvalue weighted by Gasteiger charge is -2.18. The second-order valence-corrected chi connectivity index (χ2v) is 11.9. The van der Waals surface area contributed by atoms with Crippen LogP contribution in [0, 0.1) is 0 Å². The molecule has 5 aromatic rings. The van der Waals surface area contributed by atoms with Crippen molar-refractivity contribution in [2.24, 2.45) is 0 Å². The third-order valence-corrected chi connectivity index (χ3v) is 8.63. The average Bonchev–Trinajstić information content (AvgIpc) is 3.14. The second-order valence-electron chi connectivity index (χ2n) is 10.7. The molecule has 3 amide bonds. The van der Waals surface area contributed by atoms with Crippen molar-refractivity contribution >= 4 is 52.9 Å². The molecule has 0 spiro atoms. The zero-order valence-electron chi connectivity index (χ0n) is 27.1. The number of carboxylic acid groups (broad SMARTS) is 1. The number of hydrogen-bond acceptors (Lipinski definition) is 7. The zero-order valence-corrected chi connectivity index (χ0v) is 27.9. The van der Waals surface area contributed by atoms with Crippen molar-refractivity contribution in [3.05, 3.63) is 155 Å². The van der Waals surface area contributed by atoms with Crippen LogP contribution in [0.1, 0.15) is 37.1 Å². The lowest BCUT2D eigenvalue weighted by atomic mass is 10.1. The van der Waals surface area contributed by atoms with Gasteiger partial charge in [-0.2, -0.15) is 0 Å². The lowest BCUT2D eigenvalue weighted by Crippen LogP contribution is -2.30. The molecule has 4 N–H and O–H groups in total. The van der Waals surface area contributed by atoms with Gasteiger partial charge in [-0.1, -0.05) is 60.7 Å². The van der Waals surface area contributed by atoms with Gasteiger partial charge in [0.1, 0.15) is 10.9 Å². The Morgan fingerprint density at radius 3 is 1.92 bits per heavy atom. The fourth-order valence-corrected chi connectivity index (χ4v) is 5.90. The summed E-state index contributed by atoms with van der Waals surface area (Å²) in [4.78, 5) is 52.2. The molecule has 0 aliphatic heterocycles.